The average Bonchev–Trinajstić information content (AvgIpc) is 2.25. The molecule has 2 unspecified atom stereocenters. The van der Waals surface area contributed by atoms with Gasteiger partial charge < -0.3 is 5.32 Å². The van der Waals surface area contributed by atoms with E-state index >= 15 is 0 Å². The van der Waals surface area contributed by atoms with Gasteiger partial charge in [-0.05, 0) is 30.9 Å². The van der Waals surface area contributed by atoms with Crippen molar-refractivity contribution in [2.24, 2.45) is 5.92 Å². The molecule has 1 fully saturated rings. The van der Waals surface area contributed by atoms with E-state index in [-0.39, 0.29) is 0 Å². The Morgan fingerprint density at radius 2 is 1.76 bits per heavy atom. The summed E-state index contributed by atoms with van der Waals surface area (Å²) in [5.74, 6) is 0.197. The van der Waals surface area contributed by atoms with Crippen LogP contribution in [0, 0.1) is 11.7 Å². The van der Waals surface area contributed by atoms with Crippen molar-refractivity contribution in [2.45, 2.75) is 38.6 Å². The highest BCUT2D eigenvalue weighted by Gasteiger charge is 2.22. The van der Waals surface area contributed by atoms with E-state index in [0.29, 0.717) is 27.7 Å². The Bertz CT molecular complexity index is 385. The Hall–Kier alpha value is -0.470. The van der Waals surface area contributed by atoms with Crippen molar-refractivity contribution in [3.63, 3.8) is 0 Å². The molecule has 1 N–H and O–H groups in total. The van der Waals surface area contributed by atoms with E-state index in [2.05, 4.69) is 12.2 Å². The zero-order chi connectivity index (χ0) is 12.4. The van der Waals surface area contributed by atoms with Gasteiger partial charge in [0.1, 0.15) is 5.82 Å². The molecular formula is C13H16Cl2FN. The molecule has 17 heavy (non-hydrogen) atoms. The quantitative estimate of drug-likeness (QED) is 0.790. The summed E-state index contributed by atoms with van der Waals surface area (Å²) in [6.07, 6.45) is 4.84. The van der Waals surface area contributed by atoms with Crippen LogP contribution < -0.4 is 5.32 Å². The number of rotatable bonds is 2. The van der Waals surface area contributed by atoms with Gasteiger partial charge in [-0.15, -0.1) is 0 Å². The first kappa shape index (κ1) is 13.0. The molecule has 1 aromatic rings. The van der Waals surface area contributed by atoms with Crippen LogP contribution in [0.3, 0.4) is 0 Å². The molecule has 1 aliphatic carbocycles. The van der Waals surface area contributed by atoms with Gasteiger partial charge in [0.05, 0.1) is 15.7 Å². The molecule has 4 heteroatoms. The SMILES string of the molecule is CC1CCCCC1Nc1c(Cl)cc(F)cc1Cl. The average molecular weight is 276 g/mol. The summed E-state index contributed by atoms with van der Waals surface area (Å²) in [6, 6.07) is 2.97. The number of anilines is 1. The second kappa shape index (κ2) is 5.45. The number of nitrogens with one attached hydrogen (secondary N) is 1. The molecule has 1 aliphatic rings. The van der Waals surface area contributed by atoms with Gasteiger partial charge in [-0.1, -0.05) is 43.0 Å². The normalized spacial score (nSPS) is 24.7. The van der Waals surface area contributed by atoms with Crippen LogP contribution in [0.15, 0.2) is 12.1 Å². The molecule has 94 valence electrons. The minimum Gasteiger partial charge on any atom is -0.380 e. The van der Waals surface area contributed by atoms with Crippen molar-refractivity contribution >= 4 is 28.9 Å². The minimum absolute atomic E-state index is 0.354. The van der Waals surface area contributed by atoms with Crippen LogP contribution in [0.4, 0.5) is 10.1 Å². The van der Waals surface area contributed by atoms with E-state index in [1.807, 2.05) is 0 Å². The van der Waals surface area contributed by atoms with E-state index in [1.165, 1.54) is 31.4 Å². The zero-order valence-electron chi connectivity index (χ0n) is 9.77. The summed E-state index contributed by atoms with van der Waals surface area (Å²) in [4.78, 5) is 0. The monoisotopic (exact) mass is 275 g/mol. The molecule has 0 spiro atoms. The van der Waals surface area contributed by atoms with E-state index in [1.54, 1.807) is 0 Å². The lowest BCUT2D eigenvalue weighted by Crippen LogP contribution is -2.30. The molecule has 1 nitrogen and oxygen atoms in total. The van der Waals surface area contributed by atoms with E-state index < -0.39 is 5.82 Å². The summed E-state index contributed by atoms with van der Waals surface area (Å²) in [5.41, 5.74) is 0.661. The molecular weight excluding hydrogens is 260 g/mol. The third kappa shape index (κ3) is 3.05. The fourth-order valence-corrected chi connectivity index (χ4v) is 2.97. The minimum atomic E-state index is -0.401. The smallest absolute Gasteiger partial charge is 0.126 e. The largest absolute Gasteiger partial charge is 0.380 e. The van der Waals surface area contributed by atoms with Gasteiger partial charge in [0.2, 0.25) is 0 Å². The Morgan fingerprint density at radius 3 is 2.35 bits per heavy atom. The first-order valence-corrected chi connectivity index (χ1v) is 6.74. The molecule has 0 bridgehead atoms. The highest BCUT2D eigenvalue weighted by molar-refractivity contribution is 6.39. The van der Waals surface area contributed by atoms with Crippen LogP contribution in [0.25, 0.3) is 0 Å². The van der Waals surface area contributed by atoms with E-state index in [0.717, 1.165) is 6.42 Å². The van der Waals surface area contributed by atoms with Crippen LogP contribution in [0.2, 0.25) is 10.0 Å². The van der Waals surface area contributed by atoms with Crippen LogP contribution in [-0.4, -0.2) is 6.04 Å². The lowest BCUT2D eigenvalue weighted by Gasteiger charge is -2.31. The molecule has 0 aromatic heterocycles. The van der Waals surface area contributed by atoms with Crippen LogP contribution in [0.1, 0.15) is 32.6 Å². The third-order valence-corrected chi connectivity index (χ3v) is 4.04. The first-order valence-electron chi connectivity index (χ1n) is 5.99. The summed E-state index contributed by atoms with van der Waals surface area (Å²) < 4.78 is 13.1. The van der Waals surface area contributed by atoms with Crippen LogP contribution >= 0.6 is 23.2 Å². The lowest BCUT2D eigenvalue weighted by molar-refractivity contribution is 0.349. The van der Waals surface area contributed by atoms with Crippen molar-refractivity contribution in [3.05, 3.63) is 28.0 Å². The fourth-order valence-electron chi connectivity index (χ4n) is 2.40. The van der Waals surface area contributed by atoms with Gasteiger partial charge in [-0.3, -0.25) is 0 Å². The van der Waals surface area contributed by atoms with Gasteiger partial charge in [0.25, 0.3) is 0 Å². The Balaban J connectivity index is 2.17. The lowest BCUT2D eigenvalue weighted by atomic mass is 9.86. The molecule has 0 saturated heterocycles. The summed E-state index contributed by atoms with van der Waals surface area (Å²) in [6.45, 7) is 2.22. The van der Waals surface area contributed by atoms with Gasteiger partial charge in [0.15, 0.2) is 0 Å². The Morgan fingerprint density at radius 1 is 1.18 bits per heavy atom. The van der Waals surface area contributed by atoms with Crippen LogP contribution in [0.5, 0.6) is 0 Å². The maximum Gasteiger partial charge on any atom is 0.126 e. The summed E-state index contributed by atoms with van der Waals surface area (Å²) in [7, 11) is 0. The van der Waals surface area contributed by atoms with Crippen molar-refractivity contribution in [3.8, 4) is 0 Å². The number of hydrogen-bond donors (Lipinski definition) is 1. The van der Waals surface area contributed by atoms with Gasteiger partial charge >= 0.3 is 0 Å². The van der Waals surface area contributed by atoms with Crippen molar-refractivity contribution in [1.29, 1.82) is 0 Å². The van der Waals surface area contributed by atoms with E-state index in [9.17, 15) is 4.39 Å². The summed E-state index contributed by atoms with van der Waals surface area (Å²) in [5, 5.41) is 4.07. The molecule has 2 atom stereocenters. The second-order valence-electron chi connectivity index (χ2n) is 4.76. The highest BCUT2D eigenvalue weighted by Crippen LogP contribution is 2.35. The highest BCUT2D eigenvalue weighted by atomic mass is 35.5. The molecule has 0 heterocycles. The maximum atomic E-state index is 13.1. The topological polar surface area (TPSA) is 12.0 Å². The number of hydrogen-bond acceptors (Lipinski definition) is 1. The predicted molar refractivity (Wildman–Crippen MR) is 71.5 cm³/mol. The predicted octanol–water partition coefficient (Wildman–Crippen LogP) is 5.12. The maximum absolute atomic E-state index is 13.1. The molecule has 1 saturated carbocycles. The van der Waals surface area contributed by atoms with Crippen molar-refractivity contribution in [1.82, 2.24) is 0 Å². The van der Waals surface area contributed by atoms with E-state index in [4.69, 9.17) is 23.2 Å². The molecule has 0 amide bonds. The molecule has 1 aromatic carbocycles. The van der Waals surface area contributed by atoms with Gasteiger partial charge in [-0.2, -0.15) is 0 Å². The fraction of sp³-hybridized carbons (Fsp3) is 0.538. The summed E-state index contributed by atoms with van der Waals surface area (Å²) >= 11 is 12.0. The van der Waals surface area contributed by atoms with Crippen molar-refractivity contribution < 1.29 is 4.39 Å². The van der Waals surface area contributed by atoms with Crippen molar-refractivity contribution in [2.75, 3.05) is 5.32 Å². The molecule has 0 aliphatic heterocycles. The number of benzene rings is 1. The van der Waals surface area contributed by atoms with Gasteiger partial charge in [0, 0.05) is 6.04 Å². The first-order chi connectivity index (χ1) is 8.08. The molecule has 2 rings (SSSR count). The second-order valence-corrected chi connectivity index (χ2v) is 5.57. The standard InChI is InChI=1S/C13H16Cl2FN/c1-8-4-2-3-5-12(8)17-13-10(14)6-9(16)7-11(13)15/h6-8,12,17H,2-5H2,1H3. The third-order valence-electron chi connectivity index (χ3n) is 3.45. The van der Waals surface area contributed by atoms with Crippen LogP contribution in [-0.2, 0) is 0 Å². The Labute approximate surface area is 111 Å². The number of halogens is 3. The molecule has 0 radical (unpaired) electrons. The Kier molecular flexibility index (Phi) is 4.16. The van der Waals surface area contributed by atoms with Gasteiger partial charge in [-0.25, -0.2) is 4.39 Å². The zero-order valence-corrected chi connectivity index (χ0v) is 11.3.